The molecule has 1 heterocycles. The molecule has 0 aliphatic carbocycles. The summed E-state index contributed by atoms with van der Waals surface area (Å²) in [7, 11) is -1.57. The molecule has 0 saturated heterocycles. The van der Waals surface area contributed by atoms with Crippen LogP contribution in [0.2, 0.25) is 0 Å². The molecule has 1 aromatic rings. The maximum Gasteiger partial charge on any atom is 0.243 e. The Kier molecular flexibility index (Phi) is 6.14. The van der Waals surface area contributed by atoms with Crippen LogP contribution >= 0.6 is 0 Å². The van der Waals surface area contributed by atoms with E-state index in [4.69, 9.17) is 0 Å². The zero-order chi connectivity index (χ0) is 11.9. The van der Waals surface area contributed by atoms with E-state index in [-0.39, 0.29) is 0 Å². The minimum Gasteiger partial charge on any atom is -0.726 e. The van der Waals surface area contributed by atoms with E-state index >= 15 is 0 Å². The van der Waals surface area contributed by atoms with Gasteiger partial charge in [0.25, 0.3) is 0 Å². The van der Waals surface area contributed by atoms with Crippen molar-refractivity contribution in [3.8, 4) is 0 Å². The molecule has 88 valence electrons. The van der Waals surface area contributed by atoms with Crippen molar-refractivity contribution in [2.75, 3.05) is 7.11 Å². The standard InChI is InChI=1S/C7H13N2.CH4O4S/c1-3-4-9-6-5-8(2)7-9;1-5-6(2,3)4/h5-7H,3-4H2,1-2H3;1H3,(H,2,3,4)/q+1;/p-1. The van der Waals surface area contributed by atoms with Crippen molar-refractivity contribution in [2.24, 2.45) is 7.05 Å². The van der Waals surface area contributed by atoms with E-state index in [0.29, 0.717) is 0 Å². The molecule has 1 rings (SSSR count). The first-order valence-electron chi connectivity index (χ1n) is 4.41. The molecular formula is C8H16N2O4S. The largest absolute Gasteiger partial charge is 0.726 e. The van der Waals surface area contributed by atoms with E-state index in [0.717, 1.165) is 13.7 Å². The van der Waals surface area contributed by atoms with Crippen molar-refractivity contribution in [3.05, 3.63) is 18.7 Å². The fourth-order valence-electron chi connectivity index (χ4n) is 0.892. The molecule has 0 saturated carbocycles. The minimum absolute atomic E-state index is 0.808. The summed E-state index contributed by atoms with van der Waals surface area (Å²) in [6, 6.07) is 0. The van der Waals surface area contributed by atoms with Crippen molar-refractivity contribution in [1.82, 2.24) is 4.57 Å². The summed E-state index contributed by atoms with van der Waals surface area (Å²) in [5.74, 6) is 0. The molecule has 15 heavy (non-hydrogen) atoms. The molecule has 0 N–H and O–H groups in total. The second-order valence-electron chi connectivity index (χ2n) is 2.89. The van der Waals surface area contributed by atoms with Crippen LogP contribution in [-0.4, -0.2) is 24.6 Å². The average Bonchev–Trinajstić information content (AvgIpc) is 2.52. The Morgan fingerprint density at radius 3 is 2.33 bits per heavy atom. The molecule has 6 nitrogen and oxygen atoms in total. The molecular weight excluding hydrogens is 220 g/mol. The van der Waals surface area contributed by atoms with Gasteiger partial charge in [-0.1, -0.05) is 6.92 Å². The van der Waals surface area contributed by atoms with Gasteiger partial charge >= 0.3 is 0 Å². The van der Waals surface area contributed by atoms with Crippen molar-refractivity contribution < 1.29 is 21.7 Å². The van der Waals surface area contributed by atoms with Crippen LogP contribution in [0, 0.1) is 0 Å². The second-order valence-corrected chi connectivity index (χ2v) is 4.04. The lowest BCUT2D eigenvalue weighted by molar-refractivity contribution is -0.671. The topological polar surface area (TPSA) is 75.2 Å². The maximum atomic E-state index is 9.22. The number of hydrogen-bond donors (Lipinski definition) is 0. The first kappa shape index (κ1) is 14.1. The molecule has 1 aromatic heterocycles. The van der Waals surface area contributed by atoms with Gasteiger partial charge in [0.1, 0.15) is 12.4 Å². The van der Waals surface area contributed by atoms with Crippen LogP contribution in [0.5, 0.6) is 0 Å². The third kappa shape index (κ3) is 8.10. The highest BCUT2D eigenvalue weighted by molar-refractivity contribution is 7.80. The first-order chi connectivity index (χ1) is 6.89. The van der Waals surface area contributed by atoms with E-state index in [2.05, 4.69) is 39.0 Å². The van der Waals surface area contributed by atoms with Gasteiger partial charge in [0.05, 0.1) is 20.7 Å². The number of nitrogens with zero attached hydrogens (tertiary/aromatic N) is 2. The third-order valence-corrected chi connectivity index (χ3v) is 1.92. The summed E-state index contributed by atoms with van der Waals surface area (Å²) >= 11 is 0. The molecule has 0 spiro atoms. The zero-order valence-corrected chi connectivity index (χ0v) is 9.90. The Morgan fingerprint density at radius 1 is 1.53 bits per heavy atom. The van der Waals surface area contributed by atoms with Crippen LogP contribution in [0.15, 0.2) is 18.7 Å². The fraction of sp³-hybridized carbons (Fsp3) is 0.625. The number of imidazole rings is 1. The van der Waals surface area contributed by atoms with Gasteiger partial charge in [-0.05, 0) is 6.42 Å². The van der Waals surface area contributed by atoms with Crippen LogP contribution in [0.1, 0.15) is 13.3 Å². The van der Waals surface area contributed by atoms with Crippen molar-refractivity contribution in [2.45, 2.75) is 19.9 Å². The number of aryl methyl sites for hydroxylation is 2. The van der Waals surface area contributed by atoms with E-state index in [1.165, 1.54) is 6.42 Å². The Labute approximate surface area is 90.1 Å². The van der Waals surface area contributed by atoms with Gasteiger partial charge in [0, 0.05) is 0 Å². The summed E-state index contributed by atoms with van der Waals surface area (Å²) in [4.78, 5) is 0. The lowest BCUT2D eigenvalue weighted by Crippen LogP contribution is -2.23. The molecule has 0 amide bonds. The Bertz CT molecular complexity index is 372. The normalized spacial score (nSPS) is 10.7. The van der Waals surface area contributed by atoms with Gasteiger partial charge in [0.15, 0.2) is 0 Å². The lowest BCUT2D eigenvalue weighted by atomic mass is 10.5. The molecule has 0 bridgehead atoms. The predicted octanol–water partition coefficient (Wildman–Crippen LogP) is -0.184. The van der Waals surface area contributed by atoms with Crippen molar-refractivity contribution in [3.63, 3.8) is 0 Å². The number of aromatic nitrogens is 2. The van der Waals surface area contributed by atoms with Crippen LogP contribution in [0.25, 0.3) is 0 Å². The van der Waals surface area contributed by atoms with Gasteiger partial charge in [-0.3, -0.25) is 4.18 Å². The number of hydrogen-bond acceptors (Lipinski definition) is 4. The highest BCUT2D eigenvalue weighted by Crippen LogP contribution is 1.85. The second kappa shape index (κ2) is 6.54. The van der Waals surface area contributed by atoms with E-state index < -0.39 is 10.4 Å². The molecule has 0 aromatic carbocycles. The molecule has 7 heteroatoms. The van der Waals surface area contributed by atoms with Gasteiger partial charge in [0.2, 0.25) is 16.7 Å². The minimum atomic E-state index is -4.41. The van der Waals surface area contributed by atoms with Gasteiger partial charge in [-0.15, -0.1) is 0 Å². The predicted molar refractivity (Wildman–Crippen MR) is 52.6 cm³/mol. The lowest BCUT2D eigenvalue weighted by Gasteiger charge is -1.98. The Balaban J connectivity index is 0.000000288. The monoisotopic (exact) mass is 236 g/mol. The molecule has 0 atom stereocenters. The summed E-state index contributed by atoms with van der Waals surface area (Å²) in [5.41, 5.74) is 0. The third-order valence-electron chi connectivity index (χ3n) is 1.51. The van der Waals surface area contributed by atoms with Crippen LogP contribution in [0.4, 0.5) is 0 Å². The quantitative estimate of drug-likeness (QED) is 0.414. The molecule has 0 aliphatic rings. The average molecular weight is 236 g/mol. The molecule has 0 aliphatic heterocycles. The highest BCUT2D eigenvalue weighted by Gasteiger charge is 1.94. The Morgan fingerprint density at radius 2 is 2.07 bits per heavy atom. The maximum absolute atomic E-state index is 9.22. The SMILES string of the molecule is CCCn1cc[n+](C)c1.COS(=O)(=O)[O-]. The van der Waals surface area contributed by atoms with Crippen LogP contribution in [0.3, 0.4) is 0 Å². The van der Waals surface area contributed by atoms with E-state index in [1.807, 2.05) is 7.05 Å². The molecule has 0 fully saturated rings. The van der Waals surface area contributed by atoms with Crippen LogP contribution in [-0.2, 0) is 28.2 Å². The molecule has 0 unspecified atom stereocenters. The highest BCUT2D eigenvalue weighted by atomic mass is 32.3. The van der Waals surface area contributed by atoms with Crippen LogP contribution < -0.4 is 4.57 Å². The summed E-state index contributed by atoms with van der Waals surface area (Å²) in [5, 5.41) is 0. The first-order valence-corrected chi connectivity index (χ1v) is 5.74. The zero-order valence-electron chi connectivity index (χ0n) is 9.08. The molecule has 0 radical (unpaired) electrons. The van der Waals surface area contributed by atoms with Gasteiger partial charge < -0.3 is 4.55 Å². The van der Waals surface area contributed by atoms with Gasteiger partial charge in [-0.25, -0.2) is 17.6 Å². The van der Waals surface area contributed by atoms with E-state index in [9.17, 15) is 13.0 Å². The van der Waals surface area contributed by atoms with Crippen molar-refractivity contribution >= 4 is 10.4 Å². The summed E-state index contributed by atoms with van der Waals surface area (Å²) < 4.78 is 35.3. The smallest absolute Gasteiger partial charge is 0.243 e. The fourth-order valence-corrected chi connectivity index (χ4v) is 0.892. The van der Waals surface area contributed by atoms with Gasteiger partial charge in [-0.2, -0.15) is 0 Å². The number of rotatable bonds is 3. The summed E-state index contributed by atoms with van der Waals surface area (Å²) in [6.45, 7) is 3.31. The summed E-state index contributed by atoms with van der Waals surface area (Å²) in [6.07, 6.45) is 7.43. The van der Waals surface area contributed by atoms with Crippen molar-refractivity contribution in [1.29, 1.82) is 0 Å². The van der Waals surface area contributed by atoms with E-state index in [1.54, 1.807) is 0 Å². The Hall–Kier alpha value is -0.920.